The maximum atomic E-state index is 13.7. The number of halogens is 1. The first-order valence-corrected chi connectivity index (χ1v) is 7.73. The summed E-state index contributed by atoms with van der Waals surface area (Å²) >= 11 is 1.31. The summed E-state index contributed by atoms with van der Waals surface area (Å²) in [5.74, 6) is 0.150. The van der Waals surface area contributed by atoms with E-state index in [2.05, 4.69) is 20.5 Å². The average molecular weight is 332 g/mol. The van der Waals surface area contributed by atoms with Crippen molar-refractivity contribution >= 4 is 22.4 Å². The summed E-state index contributed by atoms with van der Waals surface area (Å²) in [5, 5.41) is 11.5. The molecule has 0 aliphatic rings. The molecular formula is C15H13FN4O2S. The number of amides is 1. The summed E-state index contributed by atoms with van der Waals surface area (Å²) in [6, 6.07) is 6.30. The third-order valence-electron chi connectivity index (χ3n) is 3.03. The predicted octanol–water partition coefficient (Wildman–Crippen LogP) is 3.21. The van der Waals surface area contributed by atoms with Crippen LogP contribution in [0.3, 0.4) is 0 Å². The van der Waals surface area contributed by atoms with Crippen LogP contribution < -0.4 is 5.32 Å². The molecule has 1 N–H and O–H groups in total. The third-order valence-corrected chi connectivity index (χ3v) is 3.79. The molecule has 0 spiro atoms. The van der Waals surface area contributed by atoms with Gasteiger partial charge in [-0.3, -0.25) is 4.79 Å². The van der Waals surface area contributed by atoms with Gasteiger partial charge in [0.25, 0.3) is 0 Å². The van der Waals surface area contributed by atoms with Gasteiger partial charge in [-0.25, -0.2) is 9.37 Å². The summed E-state index contributed by atoms with van der Waals surface area (Å²) < 4.78 is 19.2. The molecule has 0 atom stereocenters. The zero-order chi connectivity index (χ0) is 16.2. The first-order chi connectivity index (χ1) is 11.1. The molecule has 2 heterocycles. The Morgan fingerprint density at radius 2 is 2.17 bits per heavy atom. The van der Waals surface area contributed by atoms with Crippen LogP contribution in [0.1, 0.15) is 17.3 Å². The topological polar surface area (TPSA) is 80.9 Å². The van der Waals surface area contributed by atoms with E-state index in [1.54, 1.807) is 18.2 Å². The highest BCUT2D eigenvalue weighted by atomic mass is 32.1. The Morgan fingerprint density at radius 3 is 2.91 bits per heavy atom. The number of nitrogens with zero attached hydrogens (tertiary/aromatic N) is 3. The lowest BCUT2D eigenvalue weighted by atomic mass is 10.2. The van der Waals surface area contributed by atoms with E-state index < -0.39 is 0 Å². The highest BCUT2D eigenvalue weighted by molar-refractivity contribution is 7.15. The molecular weight excluding hydrogens is 319 g/mol. The van der Waals surface area contributed by atoms with E-state index in [1.165, 1.54) is 23.6 Å². The van der Waals surface area contributed by atoms with Gasteiger partial charge < -0.3 is 9.73 Å². The molecule has 118 valence electrons. The normalized spacial score (nSPS) is 10.7. The van der Waals surface area contributed by atoms with E-state index in [4.69, 9.17) is 4.42 Å². The minimum atomic E-state index is -0.375. The van der Waals surface area contributed by atoms with E-state index in [9.17, 15) is 9.18 Å². The van der Waals surface area contributed by atoms with Crippen molar-refractivity contribution in [2.24, 2.45) is 0 Å². The number of rotatable bonds is 5. The standard InChI is InChI=1S/C15H13FN4O2S/c1-9-19-20-15(23-9)18-13(21)6-7-14-17-8-12(22-14)10-4-2-3-5-11(10)16/h2-5,8H,6-7H2,1H3,(H,18,20,21). The maximum absolute atomic E-state index is 13.7. The fraction of sp³-hybridized carbons (Fsp3) is 0.200. The van der Waals surface area contributed by atoms with Crippen molar-refractivity contribution in [3.8, 4) is 11.3 Å². The van der Waals surface area contributed by atoms with Crippen LogP contribution in [0.25, 0.3) is 11.3 Å². The maximum Gasteiger partial charge on any atom is 0.226 e. The first kappa shape index (κ1) is 15.3. The molecule has 0 radical (unpaired) electrons. The second kappa shape index (κ2) is 6.66. The molecule has 1 amide bonds. The Labute approximate surface area is 135 Å². The van der Waals surface area contributed by atoms with Crippen LogP contribution in [0.5, 0.6) is 0 Å². The molecule has 0 aliphatic heterocycles. The van der Waals surface area contributed by atoms with Crippen LogP contribution in [0.15, 0.2) is 34.9 Å². The van der Waals surface area contributed by atoms with Crippen molar-refractivity contribution in [2.45, 2.75) is 19.8 Å². The van der Waals surface area contributed by atoms with E-state index >= 15 is 0 Å². The number of benzene rings is 1. The number of anilines is 1. The fourth-order valence-corrected chi connectivity index (χ4v) is 2.57. The molecule has 1 aromatic carbocycles. The van der Waals surface area contributed by atoms with Gasteiger partial charge in [0, 0.05) is 12.8 Å². The Balaban J connectivity index is 1.59. The van der Waals surface area contributed by atoms with Crippen LogP contribution >= 0.6 is 11.3 Å². The number of nitrogens with one attached hydrogen (secondary N) is 1. The molecule has 3 aromatic rings. The number of oxazole rings is 1. The number of carbonyl (C=O) groups excluding carboxylic acids is 1. The van der Waals surface area contributed by atoms with Gasteiger partial charge in [-0.2, -0.15) is 0 Å². The molecule has 2 aromatic heterocycles. The molecule has 6 nitrogen and oxygen atoms in total. The quantitative estimate of drug-likeness (QED) is 0.776. The summed E-state index contributed by atoms with van der Waals surface area (Å²) in [6.07, 6.45) is 1.97. The monoisotopic (exact) mass is 332 g/mol. The molecule has 0 fully saturated rings. The Kier molecular flexibility index (Phi) is 4.42. The highest BCUT2D eigenvalue weighted by Gasteiger charge is 2.12. The zero-order valence-electron chi connectivity index (χ0n) is 12.2. The lowest BCUT2D eigenvalue weighted by molar-refractivity contribution is -0.116. The average Bonchev–Trinajstić information content (AvgIpc) is 3.15. The summed E-state index contributed by atoms with van der Waals surface area (Å²) in [5.41, 5.74) is 0.347. The summed E-state index contributed by atoms with van der Waals surface area (Å²) in [7, 11) is 0. The third kappa shape index (κ3) is 3.78. The van der Waals surface area contributed by atoms with E-state index in [-0.39, 0.29) is 18.1 Å². The molecule has 8 heteroatoms. The second-order valence-corrected chi connectivity index (χ2v) is 5.95. The smallest absolute Gasteiger partial charge is 0.226 e. The van der Waals surface area contributed by atoms with Crippen LogP contribution in [-0.2, 0) is 11.2 Å². The number of carbonyl (C=O) groups is 1. The van der Waals surface area contributed by atoms with Crippen molar-refractivity contribution in [3.63, 3.8) is 0 Å². The predicted molar refractivity (Wildman–Crippen MR) is 83.5 cm³/mol. The van der Waals surface area contributed by atoms with Gasteiger partial charge in [-0.05, 0) is 19.1 Å². The van der Waals surface area contributed by atoms with Crippen LogP contribution in [0.4, 0.5) is 9.52 Å². The minimum absolute atomic E-state index is 0.190. The van der Waals surface area contributed by atoms with Crippen molar-refractivity contribution in [1.82, 2.24) is 15.2 Å². The van der Waals surface area contributed by atoms with Gasteiger partial charge in [0.2, 0.25) is 11.0 Å². The molecule has 0 unspecified atom stereocenters. The first-order valence-electron chi connectivity index (χ1n) is 6.91. The van der Waals surface area contributed by atoms with Gasteiger partial charge in [0.05, 0.1) is 11.8 Å². The zero-order valence-corrected chi connectivity index (χ0v) is 13.1. The second-order valence-electron chi connectivity index (χ2n) is 4.77. The van der Waals surface area contributed by atoms with Gasteiger partial charge in [0.15, 0.2) is 11.7 Å². The van der Waals surface area contributed by atoms with E-state index in [1.807, 2.05) is 6.92 Å². The summed E-state index contributed by atoms with van der Waals surface area (Å²) in [4.78, 5) is 15.9. The van der Waals surface area contributed by atoms with Crippen LogP contribution in [-0.4, -0.2) is 21.1 Å². The number of aromatic nitrogens is 3. The van der Waals surface area contributed by atoms with Gasteiger partial charge >= 0.3 is 0 Å². The van der Waals surface area contributed by atoms with Crippen LogP contribution in [0, 0.1) is 12.7 Å². The Morgan fingerprint density at radius 1 is 1.35 bits per heavy atom. The number of hydrogen-bond acceptors (Lipinski definition) is 6. The molecule has 0 saturated heterocycles. The van der Waals surface area contributed by atoms with Crippen LogP contribution in [0.2, 0.25) is 0 Å². The van der Waals surface area contributed by atoms with Crippen molar-refractivity contribution in [3.05, 3.63) is 47.2 Å². The van der Waals surface area contributed by atoms with E-state index in [0.717, 1.165) is 5.01 Å². The van der Waals surface area contributed by atoms with Gasteiger partial charge in [-0.1, -0.05) is 23.5 Å². The Bertz CT molecular complexity index is 830. The van der Waals surface area contributed by atoms with Gasteiger partial charge in [-0.15, -0.1) is 10.2 Å². The Hall–Kier alpha value is -2.61. The van der Waals surface area contributed by atoms with Crippen molar-refractivity contribution < 1.29 is 13.6 Å². The molecule has 0 bridgehead atoms. The molecule has 23 heavy (non-hydrogen) atoms. The van der Waals surface area contributed by atoms with Crippen molar-refractivity contribution in [2.75, 3.05) is 5.32 Å². The number of hydrogen-bond donors (Lipinski definition) is 1. The highest BCUT2D eigenvalue weighted by Crippen LogP contribution is 2.23. The molecule has 0 aliphatic carbocycles. The lowest BCUT2D eigenvalue weighted by Crippen LogP contribution is -2.12. The SMILES string of the molecule is Cc1nnc(NC(=O)CCc2ncc(-c3ccccc3F)o2)s1. The summed E-state index contributed by atoms with van der Waals surface area (Å²) in [6.45, 7) is 1.81. The van der Waals surface area contributed by atoms with E-state index in [0.29, 0.717) is 28.8 Å². The fourth-order valence-electron chi connectivity index (χ4n) is 1.96. The van der Waals surface area contributed by atoms with Gasteiger partial charge in [0.1, 0.15) is 10.8 Å². The largest absolute Gasteiger partial charge is 0.441 e. The molecule has 3 rings (SSSR count). The lowest BCUT2D eigenvalue weighted by Gasteiger charge is -1.99. The van der Waals surface area contributed by atoms with Crippen molar-refractivity contribution in [1.29, 1.82) is 0 Å². The molecule has 0 saturated carbocycles. The minimum Gasteiger partial charge on any atom is -0.441 e. The number of aryl methyl sites for hydroxylation is 2.